The molecule has 2 rings (SSSR count). The molecular formula is C17H14Cl2F2N2O2. The smallest absolute Gasteiger partial charge is 0.260 e. The van der Waals surface area contributed by atoms with Crippen molar-refractivity contribution >= 4 is 40.7 Å². The van der Waals surface area contributed by atoms with Crippen molar-refractivity contribution in [2.75, 3.05) is 18.4 Å². The van der Waals surface area contributed by atoms with Gasteiger partial charge in [0.1, 0.15) is 23.7 Å². The topological polar surface area (TPSA) is 49.4 Å². The number of benzene rings is 2. The minimum atomic E-state index is -0.988. The fourth-order valence-corrected chi connectivity index (χ4v) is 2.65. The van der Waals surface area contributed by atoms with Crippen molar-refractivity contribution in [1.29, 1.82) is 0 Å². The largest absolute Gasteiger partial charge is 0.329 e. The van der Waals surface area contributed by atoms with Crippen molar-refractivity contribution in [3.63, 3.8) is 0 Å². The van der Waals surface area contributed by atoms with Gasteiger partial charge in [-0.1, -0.05) is 35.3 Å². The second-order valence-electron chi connectivity index (χ2n) is 5.06. The molecule has 8 heteroatoms. The molecule has 0 bridgehead atoms. The Balaban J connectivity index is 2.16. The number of rotatable bonds is 5. The van der Waals surface area contributed by atoms with Crippen molar-refractivity contribution in [1.82, 2.24) is 4.90 Å². The first-order valence-electron chi connectivity index (χ1n) is 7.32. The van der Waals surface area contributed by atoms with Gasteiger partial charge < -0.3 is 10.2 Å². The van der Waals surface area contributed by atoms with Gasteiger partial charge in [0.05, 0.1) is 15.7 Å². The van der Waals surface area contributed by atoms with Crippen LogP contribution in [0.4, 0.5) is 14.5 Å². The van der Waals surface area contributed by atoms with E-state index in [9.17, 15) is 18.4 Å². The van der Waals surface area contributed by atoms with E-state index in [4.69, 9.17) is 23.2 Å². The lowest BCUT2D eigenvalue weighted by atomic mass is 10.1. The summed E-state index contributed by atoms with van der Waals surface area (Å²) in [6.07, 6.45) is 0. The molecule has 132 valence electrons. The van der Waals surface area contributed by atoms with E-state index in [1.165, 1.54) is 0 Å². The molecule has 0 spiro atoms. The molecule has 0 saturated carbocycles. The van der Waals surface area contributed by atoms with Crippen molar-refractivity contribution in [2.24, 2.45) is 0 Å². The van der Waals surface area contributed by atoms with Gasteiger partial charge in [0.25, 0.3) is 5.91 Å². The summed E-state index contributed by atoms with van der Waals surface area (Å²) in [6, 6.07) is 7.81. The minimum Gasteiger partial charge on any atom is -0.329 e. The van der Waals surface area contributed by atoms with Crippen LogP contribution in [0.15, 0.2) is 36.4 Å². The van der Waals surface area contributed by atoms with Crippen LogP contribution in [-0.4, -0.2) is 29.8 Å². The number of hydrogen-bond donors (Lipinski definition) is 1. The summed E-state index contributed by atoms with van der Waals surface area (Å²) in [5.74, 6) is -3.49. The Hall–Kier alpha value is -2.18. The van der Waals surface area contributed by atoms with Gasteiger partial charge in [-0.25, -0.2) is 8.78 Å². The van der Waals surface area contributed by atoms with Crippen LogP contribution in [0.3, 0.4) is 0 Å². The molecule has 2 aromatic carbocycles. The van der Waals surface area contributed by atoms with Crippen LogP contribution in [0.2, 0.25) is 10.0 Å². The Morgan fingerprint density at radius 2 is 1.56 bits per heavy atom. The first-order valence-corrected chi connectivity index (χ1v) is 8.07. The highest BCUT2D eigenvalue weighted by atomic mass is 35.5. The molecular weight excluding hydrogens is 373 g/mol. The lowest BCUT2D eigenvalue weighted by Gasteiger charge is -2.21. The quantitative estimate of drug-likeness (QED) is 0.828. The number of anilines is 1. The third-order valence-corrected chi connectivity index (χ3v) is 4.04. The zero-order chi connectivity index (χ0) is 18.6. The maximum absolute atomic E-state index is 13.8. The minimum absolute atomic E-state index is 0.0796. The summed E-state index contributed by atoms with van der Waals surface area (Å²) in [5.41, 5.74) is -0.496. The Morgan fingerprint density at radius 1 is 1.04 bits per heavy atom. The molecule has 2 aromatic rings. The van der Waals surface area contributed by atoms with Gasteiger partial charge in [0, 0.05) is 6.54 Å². The molecule has 0 aliphatic rings. The maximum Gasteiger partial charge on any atom is 0.260 e. The highest BCUT2D eigenvalue weighted by Crippen LogP contribution is 2.29. The first kappa shape index (κ1) is 19.1. The average Bonchev–Trinajstić information content (AvgIpc) is 2.56. The molecule has 1 N–H and O–H groups in total. The van der Waals surface area contributed by atoms with Gasteiger partial charge in [-0.2, -0.15) is 0 Å². The van der Waals surface area contributed by atoms with Crippen LogP contribution in [-0.2, 0) is 4.79 Å². The van der Waals surface area contributed by atoms with E-state index >= 15 is 0 Å². The lowest BCUT2D eigenvalue weighted by molar-refractivity contribution is -0.116. The summed E-state index contributed by atoms with van der Waals surface area (Å²) < 4.78 is 27.5. The van der Waals surface area contributed by atoms with Crippen LogP contribution < -0.4 is 5.32 Å². The number of amides is 2. The van der Waals surface area contributed by atoms with Gasteiger partial charge in [0.15, 0.2) is 0 Å². The maximum atomic E-state index is 13.8. The zero-order valence-corrected chi connectivity index (χ0v) is 14.7. The molecule has 4 nitrogen and oxygen atoms in total. The number of hydrogen-bond acceptors (Lipinski definition) is 2. The number of halogens is 4. The predicted octanol–water partition coefficient (Wildman–Crippen LogP) is 4.37. The molecule has 0 fully saturated rings. The number of carbonyl (C=O) groups excluding carboxylic acids is 2. The summed E-state index contributed by atoms with van der Waals surface area (Å²) >= 11 is 11.9. The SMILES string of the molecule is CCN(CC(=O)Nc1c(Cl)cccc1Cl)C(=O)c1c(F)cccc1F. The predicted molar refractivity (Wildman–Crippen MR) is 93.0 cm³/mol. The first-order chi connectivity index (χ1) is 11.8. The lowest BCUT2D eigenvalue weighted by Crippen LogP contribution is -2.38. The Bertz CT molecular complexity index is 775. The van der Waals surface area contributed by atoms with Crippen LogP contribution in [0.5, 0.6) is 0 Å². The van der Waals surface area contributed by atoms with Gasteiger partial charge in [-0.3, -0.25) is 9.59 Å². The normalized spacial score (nSPS) is 10.4. The number of nitrogens with zero attached hydrogens (tertiary/aromatic N) is 1. The van der Waals surface area contributed by atoms with Gasteiger partial charge >= 0.3 is 0 Å². The average molecular weight is 387 g/mol. The molecule has 0 saturated heterocycles. The molecule has 0 heterocycles. The van der Waals surface area contributed by atoms with E-state index in [2.05, 4.69) is 5.32 Å². The molecule has 0 aliphatic heterocycles. The van der Waals surface area contributed by atoms with Crippen molar-refractivity contribution < 1.29 is 18.4 Å². The van der Waals surface area contributed by atoms with Crippen LogP contribution in [0.1, 0.15) is 17.3 Å². The molecule has 0 aromatic heterocycles. The highest BCUT2D eigenvalue weighted by molar-refractivity contribution is 6.39. The number of nitrogens with one attached hydrogen (secondary N) is 1. The second kappa shape index (κ2) is 8.27. The monoisotopic (exact) mass is 386 g/mol. The highest BCUT2D eigenvalue weighted by Gasteiger charge is 2.24. The zero-order valence-electron chi connectivity index (χ0n) is 13.2. The van der Waals surface area contributed by atoms with Gasteiger partial charge in [-0.15, -0.1) is 0 Å². The summed E-state index contributed by atoms with van der Waals surface area (Å²) in [7, 11) is 0. The molecule has 25 heavy (non-hydrogen) atoms. The van der Waals surface area contributed by atoms with Crippen LogP contribution in [0.25, 0.3) is 0 Å². The fourth-order valence-electron chi connectivity index (χ4n) is 2.16. The molecule has 0 radical (unpaired) electrons. The third-order valence-electron chi connectivity index (χ3n) is 3.41. The molecule has 0 aliphatic carbocycles. The van der Waals surface area contributed by atoms with Gasteiger partial charge in [-0.05, 0) is 31.2 Å². The Kier molecular flexibility index (Phi) is 6.33. The van der Waals surface area contributed by atoms with E-state index in [1.807, 2.05) is 0 Å². The van der Waals surface area contributed by atoms with E-state index in [0.717, 1.165) is 23.1 Å². The van der Waals surface area contributed by atoms with Gasteiger partial charge in [0.2, 0.25) is 5.91 Å². The molecule has 0 atom stereocenters. The number of para-hydroxylation sites is 1. The van der Waals surface area contributed by atoms with Crippen LogP contribution >= 0.6 is 23.2 Å². The van der Waals surface area contributed by atoms with E-state index in [-0.39, 0.29) is 22.3 Å². The van der Waals surface area contributed by atoms with E-state index in [0.29, 0.717) is 0 Å². The van der Waals surface area contributed by atoms with Crippen molar-refractivity contribution in [2.45, 2.75) is 6.92 Å². The summed E-state index contributed by atoms with van der Waals surface area (Å²) in [5, 5.41) is 2.96. The van der Waals surface area contributed by atoms with Crippen LogP contribution in [0, 0.1) is 11.6 Å². The van der Waals surface area contributed by atoms with E-state index in [1.54, 1.807) is 25.1 Å². The van der Waals surface area contributed by atoms with Crippen molar-refractivity contribution in [3.8, 4) is 0 Å². The number of likely N-dealkylation sites (N-methyl/N-ethyl adjacent to an activating group) is 1. The molecule has 0 unspecified atom stereocenters. The standard InChI is InChI=1S/C17H14Cl2F2N2O2/c1-2-23(17(25)15-12(20)7-4-8-13(15)21)9-14(24)22-16-10(18)5-3-6-11(16)19/h3-8H,2,9H2,1H3,(H,22,24). The summed E-state index contributed by atoms with van der Waals surface area (Å²) in [4.78, 5) is 25.6. The number of carbonyl (C=O) groups is 2. The third kappa shape index (κ3) is 4.46. The van der Waals surface area contributed by atoms with Crippen molar-refractivity contribution in [3.05, 3.63) is 63.6 Å². The van der Waals surface area contributed by atoms with E-state index < -0.39 is 35.6 Å². The second-order valence-corrected chi connectivity index (χ2v) is 5.88. The summed E-state index contributed by atoms with van der Waals surface area (Å²) in [6.45, 7) is 1.26. The Labute approximate surface area is 153 Å². The fraction of sp³-hybridized carbons (Fsp3) is 0.176. The molecule has 2 amide bonds. The Morgan fingerprint density at radius 3 is 2.08 bits per heavy atom.